The highest BCUT2D eigenvalue weighted by Crippen LogP contribution is 2.36. The van der Waals surface area contributed by atoms with Crippen LogP contribution >= 0.6 is 27.3 Å². The van der Waals surface area contributed by atoms with Crippen molar-refractivity contribution in [3.8, 4) is 0 Å². The van der Waals surface area contributed by atoms with Gasteiger partial charge in [-0.05, 0) is 53.4 Å². The second kappa shape index (κ2) is 10.0. The number of nitrogens with one attached hydrogen (secondary N) is 1. The van der Waals surface area contributed by atoms with Gasteiger partial charge in [-0.2, -0.15) is 0 Å². The Labute approximate surface area is 219 Å². The van der Waals surface area contributed by atoms with Gasteiger partial charge in [0.25, 0.3) is 10.0 Å². The minimum absolute atomic E-state index is 0.0152. The van der Waals surface area contributed by atoms with Crippen molar-refractivity contribution in [1.29, 1.82) is 0 Å². The number of thiazole rings is 1. The minimum Gasteiger partial charge on any atom is -0.464 e. The summed E-state index contributed by atoms with van der Waals surface area (Å²) in [6.07, 6.45) is -0.837. The van der Waals surface area contributed by atoms with Crippen LogP contribution in [-0.2, 0) is 23.1 Å². The molecule has 1 aliphatic heterocycles. The Morgan fingerprint density at radius 1 is 1.31 bits per heavy atom. The maximum Gasteiger partial charge on any atom is 0.427 e. The monoisotopic (exact) mass is 600 g/mol. The molecule has 0 radical (unpaired) electrons. The molecular weight excluding hydrogens is 578 g/mol. The lowest BCUT2D eigenvalue weighted by Gasteiger charge is -2.48. The second-order valence-electron chi connectivity index (χ2n) is 8.87. The molecule has 1 fully saturated rings. The van der Waals surface area contributed by atoms with Crippen molar-refractivity contribution in [2.24, 2.45) is 0 Å². The standard InChI is InChI=1S/C23H23BrF2N4O4S2/c1-23(2)7-8-29(23)11-15-6-4-3-5-14(15)10-27-17-9-16(25)21(20(26)19(17)24)36(33,34)30(22(31)32)18-12-35-13-28-18/h3-6,9,12-13,27H,7-8,10-11H2,1-2H3,(H,31,32). The van der Waals surface area contributed by atoms with E-state index in [1.54, 1.807) is 0 Å². The number of anilines is 2. The summed E-state index contributed by atoms with van der Waals surface area (Å²) in [6, 6.07) is 8.52. The fraction of sp³-hybridized carbons (Fsp3) is 0.304. The third-order valence-corrected chi connectivity index (χ3v) is 9.28. The first-order valence-electron chi connectivity index (χ1n) is 10.8. The molecule has 36 heavy (non-hydrogen) atoms. The predicted molar refractivity (Wildman–Crippen MR) is 137 cm³/mol. The first-order valence-corrected chi connectivity index (χ1v) is 14.0. The Hall–Kier alpha value is -2.61. The number of amides is 1. The van der Waals surface area contributed by atoms with Crippen molar-refractivity contribution < 1.29 is 27.1 Å². The molecule has 192 valence electrons. The molecule has 2 N–H and O–H groups in total. The quantitative estimate of drug-likeness (QED) is 0.322. The van der Waals surface area contributed by atoms with Crippen LogP contribution in [0.5, 0.6) is 0 Å². The van der Waals surface area contributed by atoms with Gasteiger partial charge in [0, 0.05) is 30.6 Å². The predicted octanol–water partition coefficient (Wildman–Crippen LogP) is 5.65. The van der Waals surface area contributed by atoms with Crippen molar-refractivity contribution in [3.05, 3.63) is 68.5 Å². The summed E-state index contributed by atoms with van der Waals surface area (Å²) in [5, 5.41) is 13.5. The van der Waals surface area contributed by atoms with Crippen molar-refractivity contribution in [3.63, 3.8) is 0 Å². The number of hydrogen-bond donors (Lipinski definition) is 2. The third kappa shape index (κ3) is 4.97. The maximum absolute atomic E-state index is 15.2. The molecule has 1 aromatic heterocycles. The van der Waals surface area contributed by atoms with Gasteiger partial charge in [-0.15, -0.1) is 15.6 Å². The molecule has 2 aromatic carbocycles. The van der Waals surface area contributed by atoms with E-state index in [9.17, 15) is 18.3 Å². The van der Waals surface area contributed by atoms with Crippen molar-refractivity contribution in [2.75, 3.05) is 16.2 Å². The molecule has 4 rings (SSSR count). The largest absolute Gasteiger partial charge is 0.464 e. The summed E-state index contributed by atoms with van der Waals surface area (Å²) < 4.78 is 55.7. The van der Waals surface area contributed by atoms with Crippen LogP contribution in [0.2, 0.25) is 0 Å². The molecule has 1 amide bonds. The third-order valence-electron chi connectivity index (χ3n) is 6.21. The Bertz CT molecular complexity index is 1400. The highest BCUT2D eigenvalue weighted by Gasteiger charge is 2.38. The number of sulfonamides is 1. The van der Waals surface area contributed by atoms with Crippen molar-refractivity contribution >= 4 is 54.9 Å². The molecule has 0 spiro atoms. The average Bonchev–Trinajstić information content (AvgIpc) is 3.32. The number of carboxylic acid groups (broad SMARTS) is 1. The fourth-order valence-corrected chi connectivity index (χ4v) is 6.49. The van der Waals surface area contributed by atoms with Gasteiger partial charge in [-0.1, -0.05) is 24.3 Å². The molecule has 1 aliphatic rings. The molecule has 13 heteroatoms. The van der Waals surface area contributed by atoms with Crippen LogP contribution in [0.3, 0.4) is 0 Å². The number of halogens is 3. The van der Waals surface area contributed by atoms with Crippen LogP contribution in [0.4, 0.5) is 25.1 Å². The van der Waals surface area contributed by atoms with Gasteiger partial charge in [0.2, 0.25) is 0 Å². The summed E-state index contributed by atoms with van der Waals surface area (Å²) >= 11 is 3.94. The fourth-order valence-electron chi connectivity index (χ4n) is 3.96. The summed E-state index contributed by atoms with van der Waals surface area (Å²) in [5.41, 5.74) is 3.29. The second-order valence-corrected chi connectivity index (χ2v) is 12.1. The number of aromatic nitrogens is 1. The molecule has 1 saturated heterocycles. The molecule has 8 nitrogen and oxygen atoms in total. The number of benzene rings is 2. The molecule has 0 unspecified atom stereocenters. The number of rotatable bonds is 8. The number of carbonyl (C=O) groups is 1. The summed E-state index contributed by atoms with van der Waals surface area (Å²) in [4.78, 5) is 16.3. The topological polar surface area (TPSA) is 103 Å². The molecule has 0 bridgehead atoms. The van der Waals surface area contributed by atoms with Crippen LogP contribution in [0.15, 0.2) is 50.6 Å². The summed E-state index contributed by atoms with van der Waals surface area (Å²) in [6.45, 7) is 6.30. The lowest BCUT2D eigenvalue weighted by Crippen LogP contribution is -2.54. The van der Waals surface area contributed by atoms with Gasteiger partial charge < -0.3 is 10.4 Å². The van der Waals surface area contributed by atoms with Crippen LogP contribution in [0, 0.1) is 11.6 Å². The van der Waals surface area contributed by atoms with Crippen LogP contribution in [-0.4, -0.2) is 41.6 Å². The zero-order valence-electron chi connectivity index (χ0n) is 19.3. The van der Waals surface area contributed by atoms with E-state index in [2.05, 4.69) is 45.0 Å². The van der Waals surface area contributed by atoms with E-state index in [4.69, 9.17) is 0 Å². The van der Waals surface area contributed by atoms with Gasteiger partial charge in [0.1, 0.15) is 5.82 Å². The van der Waals surface area contributed by atoms with Crippen LogP contribution in [0.25, 0.3) is 0 Å². The molecule has 2 heterocycles. The zero-order valence-corrected chi connectivity index (χ0v) is 22.6. The average molecular weight is 601 g/mol. The number of hydrogen-bond acceptors (Lipinski definition) is 7. The van der Waals surface area contributed by atoms with E-state index < -0.39 is 38.5 Å². The van der Waals surface area contributed by atoms with Gasteiger partial charge in [-0.25, -0.2) is 27.0 Å². The maximum atomic E-state index is 15.2. The van der Waals surface area contributed by atoms with Crippen LogP contribution < -0.4 is 9.62 Å². The Morgan fingerprint density at radius 3 is 2.56 bits per heavy atom. The van der Waals surface area contributed by atoms with Crippen LogP contribution in [0.1, 0.15) is 31.4 Å². The van der Waals surface area contributed by atoms with E-state index in [-0.39, 0.29) is 26.5 Å². The molecule has 0 atom stereocenters. The van der Waals surface area contributed by atoms with E-state index in [1.165, 1.54) is 5.51 Å². The van der Waals surface area contributed by atoms with Crippen molar-refractivity contribution in [2.45, 2.75) is 43.8 Å². The molecule has 3 aromatic rings. The van der Waals surface area contributed by atoms with Gasteiger partial charge in [-0.3, -0.25) is 4.90 Å². The Kier molecular flexibility index (Phi) is 7.37. The molecule has 0 saturated carbocycles. The van der Waals surface area contributed by atoms with E-state index in [0.717, 1.165) is 53.4 Å². The highest BCUT2D eigenvalue weighted by molar-refractivity contribution is 9.10. The first-order chi connectivity index (χ1) is 16.9. The lowest BCUT2D eigenvalue weighted by atomic mass is 9.88. The SMILES string of the molecule is CC1(C)CCN1Cc1ccccc1CNc1cc(F)c(S(=O)(=O)N(C(=O)O)c2cscn2)c(F)c1Br. The number of nitrogens with zero attached hydrogens (tertiary/aromatic N) is 3. The van der Waals surface area contributed by atoms with E-state index in [1.807, 2.05) is 24.3 Å². The normalized spacial score (nSPS) is 15.4. The zero-order chi connectivity index (χ0) is 26.3. The summed E-state index contributed by atoms with van der Waals surface area (Å²) in [5.74, 6) is -3.36. The Balaban J connectivity index is 1.61. The van der Waals surface area contributed by atoms with Gasteiger partial charge in [0.15, 0.2) is 16.5 Å². The van der Waals surface area contributed by atoms with Crippen molar-refractivity contribution in [1.82, 2.24) is 9.88 Å². The minimum atomic E-state index is -5.15. The number of likely N-dealkylation sites (tertiary alicyclic amines) is 1. The van der Waals surface area contributed by atoms with Gasteiger partial charge in [0.05, 0.1) is 15.7 Å². The lowest BCUT2D eigenvalue weighted by molar-refractivity contribution is 0.00775. The highest BCUT2D eigenvalue weighted by atomic mass is 79.9. The summed E-state index contributed by atoms with van der Waals surface area (Å²) in [7, 11) is -5.15. The van der Waals surface area contributed by atoms with E-state index >= 15 is 8.78 Å². The Morgan fingerprint density at radius 2 is 2.00 bits per heavy atom. The van der Waals surface area contributed by atoms with E-state index in [0.29, 0.717) is 0 Å². The smallest absolute Gasteiger partial charge is 0.427 e. The molecule has 0 aliphatic carbocycles. The first kappa shape index (κ1) is 26.5. The van der Waals surface area contributed by atoms with Gasteiger partial charge >= 0.3 is 6.09 Å². The molecular formula is C23H23BrF2N4O4S2.